The van der Waals surface area contributed by atoms with E-state index in [1.54, 1.807) is 6.07 Å². The van der Waals surface area contributed by atoms with E-state index >= 15 is 0 Å². The maximum Gasteiger partial charge on any atom is 0.263 e. The molecule has 1 atom stereocenters. The van der Waals surface area contributed by atoms with Gasteiger partial charge in [-0.1, -0.05) is 18.5 Å². The number of nitrogens with one attached hydrogen (secondary N) is 1. The zero-order valence-electron chi connectivity index (χ0n) is 11.1. The van der Waals surface area contributed by atoms with Gasteiger partial charge in [-0.3, -0.25) is 4.79 Å². The Morgan fingerprint density at radius 3 is 3.00 bits per heavy atom. The highest BCUT2D eigenvalue weighted by molar-refractivity contribution is 7.21. The van der Waals surface area contributed by atoms with Crippen LogP contribution in [0, 0.1) is 12.3 Å². The fraction of sp³-hybridized carbons (Fsp3) is 0.267. The van der Waals surface area contributed by atoms with E-state index in [2.05, 4.69) is 11.2 Å². The van der Waals surface area contributed by atoms with E-state index in [1.807, 2.05) is 19.1 Å². The van der Waals surface area contributed by atoms with Gasteiger partial charge in [0.2, 0.25) is 0 Å². The number of thiophene rings is 1. The third kappa shape index (κ3) is 2.90. The van der Waals surface area contributed by atoms with E-state index in [1.165, 1.54) is 11.3 Å². The molecule has 2 aromatic rings. The molecule has 3 nitrogen and oxygen atoms in total. The molecule has 0 saturated heterocycles. The summed E-state index contributed by atoms with van der Waals surface area (Å²) in [6.07, 6.45) is 6.59. The number of anilines is 1. The lowest BCUT2D eigenvalue weighted by Gasteiger charge is -2.13. The first-order valence-corrected chi connectivity index (χ1v) is 7.48. The molecule has 2 rings (SSSR count). The number of carbonyl (C=O) groups is 1. The number of halogens is 1. The van der Waals surface area contributed by atoms with Crippen molar-refractivity contribution in [3.63, 3.8) is 0 Å². The summed E-state index contributed by atoms with van der Waals surface area (Å²) in [6.45, 7) is 1.98. The van der Waals surface area contributed by atoms with Gasteiger partial charge in [0.05, 0.1) is 5.69 Å². The largest absolute Gasteiger partial charge is 0.397 e. The van der Waals surface area contributed by atoms with Gasteiger partial charge in [-0.15, -0.1) is 23.7 Å². The van der Waals surface area contributed by atoms with Crippen LogP contribution in [0.3, 0.4) is 0 Å². The Balaban J connectivity index is 2.31. The summed E-state index contributed by atoms with van der Waals surface area (Å²) >= 11 is 7.29. The van der Waals surface area contributed by atoms with Gasteiger partial charge in [-0.05, 0) is 24.6 Å². The molecule has 3 N–H and O–H groups in total. The first kappa shape index (κ1) is 14.7. The van der Waals surface area contributed by atoms with E-state index in [-0.39, 0.29) is 11.9 Å². The van der Waals surface area contributed by atoms with Gasteiger partial charge < -0.3 is 11.1 Å². The summed E-state index contributed by atoms with van der Waals surface area (Å²) in [6, 6.07) is 5.38. The smallest absolute Gasteiger partial charge is 0.263 e. The van der Waals surface area contributed by atoms with Gasteiger partial charge in [-0.25, -0.2) is 0 Å². The van der Waals surface area contributed by atoms with Crippen LogP contribution in [0.25, 0.3) is 10.1 Å². The molecule has 1 aromatic carbocycles. The van der Waals surface area contributed by atoms with Gasteiger partial charge in [-0.2, -0.15) is 0 Å². The fourth-order valence-corrected chi connectivity index (χ4v) is 3.25. The molecule has 5 heteroatoms. The Morgan fingerprint density at radius 2 is 2.35 bits per heavy atom. The Bertz CT molecular complexity index is 687. The first-order valence-electron chi connectivity index (χ1n) is 6.28. The summed E-state index contributed by atoms with van der Waals surface area (Å²) in [7, 11) is 0. The second kappa shape index (κ2) is 6.17. The Hall–Kier alpha value is -1.70. The summed E-state index contributed by atoms with van der Waals surface area (Å²) in [5.74, 6) is 2.39. The average molecular weight is 307 g/mol. The minimum absolute atomic E-state index is 0.0271. The van der Waals surface area contributed by atoms with Gasteiger partial charge in [0.15, 0.2) is 0 Å². The molecule has 0 radical (unpaired) electrons. The van der Waals surface area contributed by atoms with Crippen molar-refractivity contribution < 1.29 is 4.79 Å². The number of benzene rings is 1. The van der Waals surface area contributed by atoms with Crippen LogP contribution in [0.2, 0.25) is 5.02 Å². The lowest BCUT2D eigenvalue weighted by Crippen LogP contribution is -2.33. The van der Waals surface area contributed by atoms with Crippen molar-refractivity contribution in [1.82, 2.24) is 5.32 Å². The van der Waals surface area contributed by atoms with E-state index in [9.17, 15) is 4.79 Å². The SMILES string of the molecule is C#CCC(CC)NC(=O)c1sc2cc(Cl)ccc2c1N. The molecule has 0 spiro atoms. The normalized spacial score (nSPS) is 12.1. The molecule has 1 unspecified atom stereocenters. The Morgan fingerprint density at radius 1 is 1.60 bits per heavy atom. The number of carbonyl (C=O) groups excluding carboxylic acids is 1. The lowest BCUT2D eigenvalue weighted by molar-refractivity contribution is 0.0941. The number of hydrogen-bond acceptors (Lipinski definition) is 3. The molecule has 0 aliphatic carbocycles. The van der Waals surface area contributed by atoms with Crippen molar-refractivity contribution in [3.8, 4) is 12.3 Å². The van der Waals surface area contributed by atoms with Gasteiger partial charge in [0.25, 0.3) is 5.91 Å². The molecule has 20 heavy (non-hydrogen) atoms. The summed E-state index contributed by atoms with van der Waals surface area (Å²) in [5, 5.41) is 4.40. The third-order valence-electron chi connectivity index (χ3n) is 3.09. The predicted molar refractivity (Wildman–Crippen MR) is 86.2 cm³/mol. The summed E-state index contributed by atoms with van der Waals surface area (Å²) in [4.78, 5) is 12.8. The van der Waals surface area contributed by atoms with Crippen molar-refractivity contribution in [2.75, 3.05) is 5.73 Å². The summed E-state index contributed by atoms with van der Waals surface area (Å²) in [5.41, 5.74) is 6.54. The minimum atomic E-state index is -0.179. The van der Waals surface area contributed by atoms with Crippen LogP contribution in [0.4, 0.5) is 5.69 Å². The minimum Gasteiger partial charge on any atom is -0.397 e. The Kier molecular flexibility index (Phi) is 4.53. The average Bonchev–Trinajstić information content (AvgIpc) is 2.74. The standard InChI is InChI=1S/C15H15ClN2OS/c1-3-5-10(4-2)18-15(19)14-13(17)11-7-6-9(16)8-12(11)20-14/h1,6-8,10H,4-5,17H2,2H3,(H,18,19). The third-order valence-corrected chi connectivity index (χ3v) is 4.49. The van der Waals surface area contributed by atoms with E-state index in [4.69, 9.17) is 23.8 Å². The molecule has 0 aliphatic rings. The number of terminal acetylenes is 1. The molecular formula is C15H15ClN2OS. The second-order valence-electron chi connectivity index (χ2n) is 4.47. The number of amides is 1. The van der Waals surface area contributed by atoms with Crippen LogP contribution < -0.4 is 11.1 Å². The monoisotopic (exact) mass is 306 g/mol. The maximum atomic E-state index is 12.3. The van der Waals surface area contributed by atoms with Gasteiger partial charge in [0, 0.05) is 27.6 Å². The molecule has 1 heterocycles. The van der Waals surface area contributed by atoms with Crippen LogP contribution in [-0.2, 0) is 0 Å². The summed E-state index contributed by atoms with van der Waals surface area (Å²) < 4.78 is 0.908. The van der Waals surface area contributed by atoms with E-state index in [0.717, 1.165) is 16.5 Å². The molecule has 1 aromatic heterocycles. The quantitative estimate of drug-likeness (QED) is 0.847. The zero-order valence-corrected chi connectivity index (χ0v) is 12.6. The number of fused-ring (bicyclic) bond motifs is 1. The van der Waals surface area contributed by atoms with Crippen molar-refractivity contribution in [1.29, 1.82) is 0 Å². The number of nitrogen functional groups attached to an aromatic ring is 1. The number of nitrogens with two attached hydrogens (primary N) is 1. The first-order chi connectivity index (χ1) is 9.56. The van der Waals surface area contributed by atoms with Crippen molar-refractivity contribution >= 4 is 44.6 Å². The Labute approximate surface area is 127 Å². The van der Waals surface area contributed by atoms with Crippen LogP contribution in [-0.4, -0.2) is 11.9 Å². The van der Waals surface area contributed by atoms with Crippen LogP contribution in [0.5, 0.6) is 0 Å². The highest BCUT2D eigenvalue weighted by Crippen LogP contribution is 2.35. The van der Waals surface area contributed by atoms with E-state index < -0.39 is 0 Å². The second-order valence-corrected chi connectivity index (χ2v) is 5.96. The fourth-order valence-electron chi connectivity index (χ4n) is 1.95. The molecular weight excluding hydrogens is 292 g/mol. The van der Waals surface area contributed by atoms with Gasteiger partial charge >= 0.3 is 0 Å². The van der Waals surface area contributed by atoms with Crippen molar-refractivity contribution in [3.05, 3.63) is 28.1 Å². The highest BCUT2D eigenvalue weighted by atomic mass is 35.5. The number of hydrogen-bond donors (Lipinski definition) is 2. The molecule has 0 fully saturated rings. The topological polar surface area (TPSA) is 55.1 Å². The molecule has 104 valence electrons. The molecule has 1 amide bonds. The van der Waals surface area contributed by atoms with Crippen LogP contribution >= 0.6 is 22.9 Å². The highest BCUT2D eigenvalue weighted by Gasteiger charge is 2.18. The maximum absolute atomic E-state index is 12.3. The van der Waals surface area contributed by atoms with Crippen LogP contribution in [0.15, 0.2) is 18.2 Å². The molecule has 0 saturated carbocycles. The van der Waals surface area contributed by atoms with Crippen LogP contribution in [0.1, 0.15) is 29.4 Å². The molecule has 0 bridgehead atoms. The predicted octanol–water partition coefficient (Wildman–Crippen LogP) is 3.67. The van der Waals surface area contributed by atoms with Gasteiger partial charge in [0.1, 0.15) is 4.88 Å². The number of rotatable bonds is 4. The van der Waals surface area contributed by atoms with Crippen molar-refractivity contribution in [2.45, 2.75) is 25.8 Å². The molecule has 0 aliphatic heterocycles. The zero-order chi connectivity index (χ0) is 14.7. The lowest BCUT2D eigenvalue weighted by atomic mass is 10.1. The van der Waals surface area contributed by atoms with E-state index in [0.29, 0.717) is 22.0 Å². The van der Waals surface area contributed by atoms with Crippen molar-refractivity contribution in [2.24, 2.45) is 0 Å².